The number of carbonyl (C=O) groups excluding carboxylic acids is 1. The molecule has 6 nitrogen and oxygen atoms in total. The number of carboxylic acids is 1. The first kappa shape index (κ1) is 12.4. The van der Waals surface area contributed by atoms with E-state index in [0.29, 0.717) is 12.2 Å². The van der Waals surface area contributed by atoms with Crippen LogP contribution in [0.5, 0.6) is 0 Å². The van der Waals surface area contributed by atoms with Gasteiger partial charge in [0, 0.05) is 24.7 Å². The number of amides is 1. The van der Waals surface area contributed by atoms with Gasteiger partial charge in [-0.3, -0.25) is 9.89 Å². The molecule has 0 fully saturated rings. The third kappa shape index (κ3) is 1.85. The van der Waals surface area contributed by atoms with Crippen molar-refractivity contribution < 1.29 is 14.7 Å². The van der Waals surface area contributed by atoms with Gasteiger partial charge in [0.2, 0.25) is 5.91 Å². The predicted octanol–water partition coefficient (Wildman–Crippen LogP) is 1.68. The number of fused-ring (bicyclic) bond motifs is 1. The lowest BCUT2D eigenvalue weighted by Gasteiger charge is -2.14. The van der Waals surface area contributed by atoms with Crippen LogP contribution in [0.4, 0.5) is 5.69 Å². The van der Waals surface area contributed by atoms with Gasteiger partial charge in [0.1, 0.15) is 5.69 Å². The second-order valence-corrected chi connectivity index (χ2v) is 4.70. The highest BCUT2D eigenvalue weighted by Crippen LogP contribution is 2.35. The molecule has 0 saturated heterocycles. The van der Waals surface area contributed by atoms with Crippen molar-refractivity contribution in [1.82, 2.24) is 10.2 Å². The lowest BCUT2D eigenvalue weighted by atomic mass is 10.0. The maximum Gasteiger partial charge on any atom is 0.353 e. The van der Waals surface area contributed by atoms with E-state index in [-0.39, 0.29) is 11.6 Å². The lowest BCUT2D eigenvalue weighted by molar-refractivity contribution is -0.116. The van der Waals surface area contributed by atoms with Gasteiger partial charge in [0.05, 0.1) is 5.69 Å². The third-order valence-corrected chi connectivity index (χ3v) is 3.49. The number of anilines is 1. The zero-order chi connectivity index (χ0) is 14.3. The molecule has 2 aromatic rings. The Morgan fingerprint density at radius 1 is 1.40 bits per heavy atom. The number of hydrogen-bond donors (Lipinski definition) is 2. The molecule has 0 saturated carbocycles. The Morgan fingerprint density at radius 2 is 2.20 bits per heavy atom. The molecule has 0 spiro atoms. The summed E-state index contributed by atoms with van der Waals surface area (Å²) in [6.07, 6.45) is 0.750. The molecule has 0 unspecified atom stereocenters. The van der Waals surface area contributed by atoms with Gasteiger partial charge in [-0.2, -0.15) is 5.10 Å². The van der Waals surface area contributed by atoms with E-state index in [1.807, 2.05) is 18.2 Å². The minimum absolute atomic E-state index is 0.00847. The quantitative estimate of drug-likeness (QED) is 0.870. The van der Waals surface area contributed by atoms with Crippen LogP contribution in [0, 0.1) is 0 Å². The van der Waals surface area contributed by atoms with E-state index in [0.717, 1.165) is 23.2 Å². The highest BCUT2D eigenvalue weighted by molar-refractivity contribution is 5.95. The molecular formula is C14H13N3O3. The average Bonchev–Trinajstić information content (AvgIpc) is 3.05. The van der Waals surface area contributed by atoms with Crippen LogP contribution in [-0.4, -0.2) is 33.7 Å². The van der Waals surface area contributed by atoms with E-state index in [1.54, 1.807) is 11.8 Å². The third-order valence-electron chi connectivity index (χ3n) is 3.49. The number of carbonyl (C=O) groups is 2. The van der Waals surface area contributed by atoms with Gasteiger partial charge in [-0.25, -0.2) is 4.79 Å². The second kappa shape index (κ2) is 4.48. The van der Waals surface area contributed by atoms with Crippen LogP contribution in [0.15, 0.2) is 24.3 Å². The van der Waals surface area contributed by atoms with Crippen LogP contribution in [0.3, 0.4) is 0 Å². The molecule has 1 aliphatic rings. The molecule has 1 aromatic carbocycles. The van der Waals surface area contributed by atoms with Gasteiger partial charge in [0.15, 0.2) is 0 Å². The Labute approximate surface area is 115 Å². The minimum Gasteiger partial charge on any atom is -0.477 e. The van der Waals surface area contributed by atoms with Crippen LogP contribution in [0.1, 0.15) is 23.0 Å². The normalized spacial score (nSPS) is 13.3. The van der Waals surface area contributed by atoms with Gasteiger partial charge in [-0.1, -0.05) is 12.1 Å². The Hall–Kier alpha value is -2.63. The van der Waals surface area contributed by atoms with E-state index in [1.165, 1.54) is 6.07 Å². The summed E-state index contributed by atoms with van der Waals surface area (Å²) in [4.78, 5) is 24.2. The molecule has 2 heterocycles. The van der Waals surface area contributed by atoms with E-state index in [9.17, 15) is 9.59 Å². The largest absolute Gasteiger partial charge is 0.477 e. The molecular weight excluding hydrogens is 258 g/mol. The Morgan fingerprint density at radius 3 is 2.85 bits per heavy atom. The molecule has 20 heavy (non-hydrogen) atoms. The Kier molecular flexibility index (Phi) is 2.78. The SMILES string of the molecule is CC(=O)N1CCc2c(-c3cc(C(=O)O)[nH]n3)cccc21. The number of carboxylic acid groups (broad SMARTS) is 1. The predicted molar refractivity (Wildman–Crippen MR) is 72.7 cm³/mol. The fourth-order valence-electron chi connectivity index (χ4n) is 2.57. The van der Waals surface area contributed by atoms with E-state index in [4.69, 9.17) is 5.11 Å². The van der Waals surface area contributed by atoms with Gasteiger partial charge in [0.25, 0.3) is 0 Å². The summed E-state index contributed by atoms with van der Waals surface area (Å²) in [6, 6.07) is 7.15. The molecule has 3 rings (SSSR count). The van der Waals surface area contributed by atoms with Crippen molar-refractivity contribution in [3.05, 3.63) is 35.5 Å². The maximum absolute atomic E-state index is 11.6. The maximum atomic E-state index is 11.6. The number of nitrogens with one attached hydrogen (secondary N) is 1. The smallest absolute Gasteiger partial charge is 0.353 e. The zero-order valence-electron chi connectivity index (χ0n) is 10.9. The number of aromatic amines is 1. The summed E-state index contributed by atoms with van der Waals surface area (Å²) in [5, 5.41) is 15.5. The van der Waals surface area contributed by atoms with Gasteiger partial charge >= 0.3 is 5.97 Å². The highest BCUT2D eigenvalue weighted by atomic mass is 16.4. The van der Waals surface area contributed by atoms with Crippen LogP contribution < -0.4 is 4.90 Å². The number of rotatable bonds is 2. The van der Waals surface area contributed by atoms with Gasteiger partial charge < -0.3 is 10.0 Å². The molecule has 2 N–H and O–H groups in total. The van der Waals surface area contributed by atoms with Gasteiger partial charge in [-0.15, -0.1) is 0 Å². The zero-order valence-corrected chi connectivity index (χ0v) is 10.9. The number of aromatic nitrogens is 2. The number of H-pyrrole nitrogens is 1. The van der Waals surface area contributed by atoms with Crippen molar-refractivity contribution in [3.8, 4) is 11.3 Å². The monoisotopic (exact) mass is 271 g/mol. The first-order chi connectivity index (χ1) is 9.58. The van der Waals surface area contributed by atoms with Crippen molar-refractivity contribution in [2.45, 2.75) is 13.3 Å². The van der Waals surface area contributed by atoms with Crippen molar-refractivity contribution in [3.63, 3.8) is 0 Å². The second-order valence-electron chi connectivity index (χ2n) is 4.70. The fraction of sp³-hybridized carbons (Fsp3) is 0.214. The Balaban J connectivity index is 2.07. The minimum atomic E-state index is -1.04. The van der Waals surface area contributed by atoms with Crippen molar-refractivity contribution in [1.29, 1.82) is 0 Å². The summed E-state index contributed by atoms with van der Waals surface area (Å²) in [6.45, 7) is 2.19. The molecule has 0 bridgehead atoms. The molecule has 0 atom stereocenters. The van der Waals surface area contributed by atoms with Crippen LogP contribution >= 0.6 is 0 Å². The lowest BCUT2D eigenvalue weighted by Crippen LogP contribution is -2.25. The summed E-state index contributed by atoms with van der Waals surface area (Å²) in [7, 11) is 0. The van der Waals surface area contributed by atoms with E-state index in [2.05, 4.69) is 10.2 Å². The molecule has 1 amide bonds. The number of benzene rings is 1. The average molecular weight is 271 g/mol. The van der Waals surface area contributed by atoms with Crippen LogP contribution in [0.2, 0.25) is 0 Å². The van der Waals surface area contributed by atoms with E-state index >= 15 is 0 Å². The Bertz CT molecular complexity index is 705. The van der Waals surface area contributed by atoms with Crippen LogP contribution in [-0.2, 0) is 11.2 Å². The molecule has 0 aliphatic carbocycles. The van der Waals surface area contributed by atoms with Crippen molar-refractivity contribution in [2.24, 2.45) is 0 Å². The van der Waals surface area contributed by atoms with Crippen LogP contribution in [0.25, 0.3) is 11.3 Å². The molecule has 6 heteroatoms. The van der Waals surface area contributed by atoms with E-state index < -0.39 is 5.97 Å². The summed E-state index contributed by atoms with van der Waals surface area (Å²) >= 11 is 0. The molecule has 102 valence electrons. The number of hydrogen-bond acceptors (Lipinski definition) is 3. The summed E-state index contributed by atoms with van der Waals surface area (Å²) < 4.78 is 0. The molecule has 0 radical (unpaired) electrons. The topological polar surface area (TPSA) is 86.3 Å². The van der Waals surface area contributed by atoms with Crippen molar-refractivity contribution >= 4 is 17.6 Å². The fourth-order valence-corrected chi connectivity index (χ4v) is 2.57. The summed E-state index contributed by atoms with van der Waals surface area (Å²) in [5.41, 5.74) is 3.43. The standard InChI is InChI=1S/C14H13N3O3/c1-8(18)17-6-5-10-9(3-2-4-13(10)17)11-7-12(14(19)20)16-15-11/h2-4,7H,5-6H2,1H3,(H,15,16)(H,19,20). The number of nitrogens with zero attached hydrogens (tertiary/aromatic N) is 2. The van der Waals surface area contributed by atoms with Crippen molar-refractivity contribution in [2.75, 3.05) is 11.4 Å². The molecule has 1 aliphatic heterocycles. The first-order valence-corrected chi connectivity index (χ1v) is 6.27. The summed E-state index contributed by atoms with van der Waals surface area (Å²) in [5.74, 6) is -1.03. The van der Waals surface area contributed by atoms with Gasteiger partial charge in [-0.05, 0) is 24.1 Å². The first-order valence-electron chi connectivity index (χ1n) is 6.27. The highest BCUT2D eigenvalue weighted by Gasteiger charge is 2.25. The number of aromatic carboxylic acids is 1. The molecule has 1 aromatic heterocycles.